The number of piperidine rings is 1. The topological polar surface area (TPSA) is 83.2 Å². The minimum Gasteiger partial charge on any atom is -0.490 e. The van der Waals surface area contributed by atoms with E-state index >= 15 is 0 Å². The van der Waals surface area contributed by atoms with Crippen molar-refractivity contribution in [3.05, 3.63) is 40.3 Å². The van der Waals surface area contributed by atoms with Gasteiger partial charge in [-0.1, -0.05) is 0 Å². The second-order valence-corrected chi connectivity index (χ2v) is 8.57. The first-order valence-corrected chi connectivity index (χ1v) is 10.9. The normalized spacial score (nSPS) is 23.1. The van der Waals surface area contributed by atoms with Crippen LogP contribution in [-0.2, 0) is 4.79 Å². The fourth-order valence-electron chi connectivity index (χ4n) is 4.59. The Kier molecular flexibility index (Phi) is 6.19. The summed E-state index contributed by atoms with van der Waals surface area (Å²) in [5.74, 6) is 1.58. The van der Waals surface area contributed by atoms with E-state index in [4.69, 9.17) is 4.74 Å². The van der Waals surface area contributed by atoms with Gasteiger partial charge in [-0.05, 0) is 93.6 Å². The summed E-state index contributed by atoms with van der Waals surface area (Å²) < 4.78 is 6.28. The third-order valence-electron chi connectivity index (χ3n) is 6.33. The first kappa shape index (κ1) is 20.0. The van der Waals surface area contributed by atoms with Gasteiger partial charge < -0.3 is 20.4 Å². The molecule has 1 saturated carbocycles. The summed E-state index contributed by atoms with van der Waals surface area (Å²) in [7, 11) is 0. The molecule has 3 N–H and O–H groups in total. The Bertz CT molecular complexity index is 909. The molecule has 1 aliphatic carbocycles. The van der Waals surface area contributed by atoms with Gasteiger partial charge in [-0.25, -0.2) is 0 Å². The largest absolute Gasteiger partial charge is 0.490 e. The van der Waals surface area contributed by atoms with Crippen molar-refractivity contribution >= 4 is 16.7 Å². The van der Waals surface area contributed by atoms with Crippen LogP contribution in [0.4, 0.5) is 0 Å². The SMILES string of the molecule is Cc1cc2c(=O)[nH]ccc2cc1OC1CCC(NC(=O)CC2CCNCC2)CC1. The number of amides is 1. The van der Waals surface area contributed by atoms with Gasteiger partial charge in [0, 0.05) is 24.0 Å². The first-order chi connectivity index (χ1) is 14.1. The molecule has 2 aromatic rings. The molecule has 6 heteroatoms. The molecule has 2 aliphatic rings. The molecule has 1 aromatic heterocycles. The van der Waals surface area contributed by atoms with Crippen molar-refractivity contribution in [2.75, 3.05) is 13.1 Å². The lowest BCUT2D eigenvalue weighted by atomic mass is 9.91. The van der Waals surface area contributed by atoms with Crippen LogP contribution >= 0.6 is 0 Å². The number of benzene rings is 1. The van der Waals surface area contributed by atoms with Gasteiger partial charge in [-0.15, -0.1) is 0 Å². The van der Waals surface area contributed by atoms with Crippen LogP contribution in [0.5, 0.6) is 5.75 Å². The number of aromatic nitrogens is 1. The molecule has 156 valence electrons. The zero-order valence-electron chi connectivity index (χ0n) is 17.1. The zero-order valence-corrected chi connectivity index (χ0v) is 17.1. The number of hydrogen-bond acceptors (Lipinski definition) is 4. The Morgan fingerprint density at radius 1 is 1.14 bits per heavy atom. The highest BCUT2D eigenvalue weighted by molar-refractivity contribution is 5.83. The Balaban J connectivity index is 1.28. The molecule has 2 fully saturated rings. The van der Waals surface area contributed by atoms with E-state index in [2.05, 4.69) is 15.6 Å². The number of hydrogen-bond donors (Lipinski definition) is 3. The maximum absolute atomic E-state index is 12.4. The van der Waals surface area contributed by atoms with Crippen LogP contribution in [0.2, 0.25) is 0 Å². The number of fused-ring (bicyclic) bond motifs is 1. The summed E-state index contributed by atoms with van der Waals surface area (Å²) in [6, 6.07) is 6.03. The number of carbonyl (C=O) groups excluding carboxylic acids is 1. The number of aromatic amines is 1. The third-order valence-corrected chi connectivity index (χ3v) is 6.33. The second kappa shape index (κ2) is 8.99. The fraction of sp³-hybridized carbons (Fsp3) is 0.565. The summed E-state index contributed by atoms with van der Waals surface area (Å²) in [5, 5.41) is 8.18. The van der Waals surface area contributed by atoms with E-state index in [0.717, 1.165) is 68.3 Å². The van der Waals surface area contributed by atoms with E-state index in [0.29, 0.717) is 17.7 Å². The monoisotopic (exact) mass is 397 g/mol. The number of carbonyl (C=O) groups is 1. The summed E-state index contributed by atoms with van der Waals surface area (Å²) in [6.45, 7) is 4.04. The van der Waals surface area contributed by atoms with Gasteiger partial charge in [0.2, 0.25) is 5.91 Å². The summed E-state index contributed by atoms with van der Waals surface area (Å²) >= 11 is 0. The number of H-pyrrole nitrogens is 1. The number of ether oxygens (including phenoxy) is 1. The molecular formula is C23H31N3O3. The minimum absolute atomic E-state index is 0.0714. The Morgan fingerprint density at radius 3 is 2.66 bits per heavy atom. The number of rotatable bonds is 5. The zero-order chi connectivity index (χ0) is 20.2. The Morgan fingerprint density at radius 2 is 1.90 bits per heavy atom. The van der Waals surface area contributed by atoms with Crippen LogP contribution < -0.4 is 20.9 Å². The maximum atomic E-state index is 12.4. The van der Waals surface area contributed by atoms with Crippen molar-refractivity contribution < 1.29 is 9.53 Å². The molecule has 29 heavy (non-hydrogen) atoms. The predicted octanol–water partition coefficient (Wildman–Crippen LogP) is 3.03. The molecular weight excluding hydrogens is 366 g/mol. The molecule has 1 aliphatic heterocycles. The van der Waals surface area contributed by atoms with Crippen molar-refractivity contribution in [3.8, 4) is 5.75 Å². The van der Waals surface area contributed by atoms with Crippen molar-refractivity contribution in [2.45, 2.75) is 64.0 Å². The van der Waals surface area contributed by atoms with E-state index in [1.54, 1.807) is 6.20 Å². The van der Waals surface area contributed by atoms with Crippen LogP contribution in [0.25, 0.3) is 10.8 Å². The molecule has 0 radical (unpaired) electrons. The van der Waals surface area contributed by atoms with Gasteiger partial charge in [0.25, 0.3) is 5.56 Å². The predicted molar refractivity (Wildman–Crippen MR) is 114 cm³/mol. The third kappa shape index (κ3) is 4.99. The van der Waals surface area contributed by atoms with E-state index in [9.17, 15) is 9.59 Å². The quantitative estimate of drug-likeness (QED) is 0.724. The highest BCUT2D eigenvalue weighted by Crippen LogP contribution is 2.29. The number of nitrogens with one attached hydrogen (secondary N) is 3. The average molecular weight is 398 g/mol. The molecule has 0 atom stereocenters. The van der Waals surface area contributed by atoms with Crippen LogP contribution in [0.3, 0.4) is 0 Å². The van der Waals surface area contributed by atoms with E-state index in [1.807, 2.05) is 25.1 Å². The average Bonchev–Trinajstić information content (AvgIpc) is 2.71. The standard InChI is InChI=1S/C23H31N3O3/c1-15-12-20-17(8-11-25-23(20)28)14-21(15)29-19-4-2-18(3-5-19)26-22(27)13-16-6-9-24-10-7-16/h8,11-12,14,16,18-19,24H,2-7,9-10,13H2,1H3,(H,25,28)(H,26,27). The van der Waals surface area contributed by atoms with Crippen molar-refractivity contribution in [1.29, 1.82) is 0 Å². The lowest BCUT2D eigenvalue weighted by Crippen LogP contribution is -2.41. The van der Waals surface area contributed by atoms with Gasteiger partial charge in [-0.2, -0.15) is 0 Å². The maximum Gasteiger partial charge on any atom is 0.255 e. The van der Waals surface area contributed by atoms with E-state index in [-0.39, 0.29) is 23.6 Å². The van der Waals surface area contributed by atoms with Crippen molar-refractivity contribution in [3.63, 3.8) is 0 Å². The van der Waals surface area contributed by atoms with Gasteiger partial charge in [0.1, 0.15) is 5.75 Å². The number of aryl methyl sites for hydroxylation is 1. The molecule has 1 aromatic carbocycles. The van der Waals surface area contributed by atoms with E-state index < -0.39 is 0 Å². The van der Waals surface area contributed by atoms with Gasteiger partial charge in [0.05, 0.1) is 6.10 Å². The lowest BCUT2D eigenvalue weighted by molar-refractivity contribution is -0.123. The summed E-state index contributed by atoms with van der Waals surface area (Å²) in [4.78, 5) is 27.0. The van der Waals surface area contributed by atoms with Gasteiger partial charge >= 0.3 is 0 Å². The summed E-state index contributed by atoms with van der Waals surface area (Å²) in [5.41, 5.74) is 0.907. The van der Waals surface area contributed by atoms with Crippen LogP contribution in [0.1, 0.15) is 50.5 Å². The smallest absolute Gasteiger partial charge is 0.255 e. The Hall–Kier alpha value is -2.34. The highest BCUT2D eigenvalue weighted by atomic mass is 16.5. The molecule has 1 amide bonds. The van der Waals surface area contributed by atoms with Crippen molar-refractivity contribution in [2.24, 2.45) is 5.92 Å². The molecule has 4 rings (SSSR count). The van der Waals surface area contributed by atoms with Gasteiger partial charge in [-0.3, -0.25) is 9.59 Å². The van der Waals surface area contributed by atoms with Crippen LogP contribution in [0, 0.1) is 12.8 Å². The van der Waals surface area contributed by atoms with Gasteiger partial charge in [0.15, 0.2) is 0 Å². The molecule has 0 spiro atoms. The molecule has 2 heterocycles. The highest BCUT2D eigenvalue weighted by Gasteiger charge is 2.25. The van der Waals surface area contributed by atoms with Crippen LogP contribution in [0.15, 0.2) is 29.2 Å². The molecule has 1 saturated heterocycles. The van der Waals surface area contributed by atoms with Crippen LogP contribution in [-0.4, -0.2) is 36.1 Å². The molecule has 6 nitrogen and oxygen atoms in total. The second-order valence-electron chi connectivity index (χ2n) is 8.57. The Labute approximate surface area is 171 Å². The van der Waals surface area contributed by atoms with Crippen molar-refractivity contribution in [1.82, 2.24) is 15.6 Å². The minimum atomic E-state index is -0.0714. The number of pyridine rings is 1. The van der Waals surface area contributed by atoms with E-state index in [1.165, 1.54) is 0 Å². The lowest BCUT2D eigenvalue weighted by Gasteiger charge is -2.30. The molecule has 0 bridgehead atoms. The first-order valence-electron chi connectivity index (χ1n) is 10.9. The fourth-order valence-corrected chi connectivity index (χ4v) is 4.59. The summed E-state index contributed by atoms with van der Waals surface area (Å²) in [6.07, 6.45) is 8.47. The molecule has 0 unspecified atom stereocenters.